The van der Waals surface area contributed by atoms with Crippen molar-refractivity contribution in [2.75, 3.05) is 5.32 Å². The minimum atomic E-state index is -0.512. The zero-order valence-corrected chi connectivity index (χ0v) is 17.1. The molecule has 0 fully saturated rings. The maximum absolute atomic E-state index is 13.7. The first-order valence-electron chi connectivity index (χ1n) is 9.31. The van der Waals surface area contributed by atoms with Gasteiger partial charge in [0.15, 0.2) is 0 Å². The Morgan fingerprint density at radius 2 is 1.97 bits per heavy atom. The number of hydrogen-bond acceptors (Lipinski definition) is 4. The van der Waals surface area contributed by atoms with Crippen LogP contribution in [0.2, 0.25) is 5.02 Å². The molecule has 2 N–H and O–H groups in total. The molecule has 0 radical (unpaired) electrons. The summed E-state index contributed by atoms with van der Waals surface area (Å²) < 4.78 is 15.4. The van der Waals surface area contributed by atoms with Crippen LogP contribution in [0.15, 0.2) is 60.9 Å². The standard InChI is InChI=1S/C22H19ClFN5O/c1-13(14-5-6-18(23)19(24)10-14)27-22(30)15-3-4-16-12-25-20(11-17(16)9-15)28-21-7-8-26-29(21)2/h3-13H,1-2H3,(H,25,28)(H,27,30)/t13-/m1/s1. The number of hydrogen-bond donors (Lipinski definition) is 2. The summed E-state index contributed by atoms with van der Waals surface area (Å²) in [6.45, 7) is 1.79. The molecule has 4 aromatic rings. The van der Waals surface area contributed by atoms with E-state index < -0.39 is 5.82 Å². The fraction of sp³-hybridized carbons (Fsp3) is 0.136. The number of benzene rings is 2. The summed E-state index contributed by atoms with van der Waals surface area (Å²) in [6, 6.07) is 13.2. The van der Waals surface area contributed by atoms with E-state index in [4.69, 9.17) is 11.6 Å². The molecule has 0 spiro atoms. The predicted octanol–water partition coefficient (Wildman–Crippen LogP) is 5.00. The van der Waals surface area contributed by atoms with E-state index >= 15 is 0 Å². The van der Waals surface area contributed by atoms with Gasteiger partial charge in [0.2, 0.25) is 0 Å². The zero-order chi connectivity index (χ0) is 21.3. The summed E-state index contributed by atoms with van der Waals surface area (Å²) in [4.78, 5) is 17.1. The van der Waals surface area contributed by atoms with Crippen LogP contribution in [-0.2, 0) is 7.05 Å². The van der Waals surface area contributed by atoms with Crippen LogP contribution < -0.4 is 10.6 Å². The number of carbonyl (C=O) groups is 1. The average molecular weight is 424 g/mol. The van der Waals surface area contributed by atoms with Crippen molar-refractivity contribution < 1.29 is 9.18 Å². The minimum Gasteiger partial charge on any atom is -0.346 e. The highest BCUT2D eigenvalue weighted by Crippen LogP contribution is 2.23. The first kappa shape index (κ1) is 19.8. The molecule has 0 saturated heterocycles. The zero-order valence-electron chi connectivity index (χ0n) is 16.4. The number of pyridine rings is 1. The highest BCUT2D eigenvalue weighted by Gasteiger charge is 2.14. The molecular weight excluding hydrogens is 405 g/mol. The van der Waals surface area contributed by atoms with Gasteiger partial charge in [-0.2, -0.15) is 5.10 Å². The van der Waals surface area contributed by atoms with E-state index in [0.29, 0.717) is 16.9 Å². The van der Waals surface area contributed by atoms with Gasteiger partial charge in [0.1, 0.15) is 17.5 Å². The van der Waals surface area contributed by atoms with Gasteiger partial charge in [-0.05, 0) is 48.2 Å². The number of anilines is 2. The number of amides is 1. The number of nitrogens with zero attached hydrogens (tertiary/aromatic N) is 3. The summed E-state index contributed by atoms with van der Waals surface area (Å²) in [5.74, 6) is 0.688. The third-order valence-electron chi connectivity index (χ3n) is 4.85. The molecular formula is C22H19ClFN5O. The Hall–Kier alpha value is -3.45. The lowest BCUT2D eigenvalue weighted by molar-refractivity contribution is 0.0940. The van der Waals surface area contributed by atoms with Crippen molar-refractivity contribution in [3.8, 4) is 0 Å². The van der Waals surface area contributed by atoms with Gasteiger partial charge in [-0.1, -0.05) is 23.7 Å². The van der Waals surface area contributed by atoms with Gasteiger partial charge in [0, 0.05) is 30.3 Å². The van der Waals surface area contributed by atoms with Crippen molar-refractivity contribution in [3.05, 3.63) is 82.9 Å². The van der Waals surface area contributed by atoms with Crippen LogP contribution in [0.5, 0.6) is 0 Å². The van der Waals surface area contributed by atoms with Crippen LogP contribution in [0.1, 0.15) is 28.9 Å². The molecule has 152 valence electrons. The Morgan fingerprint density at radius 3 is 2.70 bits per heavy atom. The number of carbonyl (C=O) groups excluding carboxylic acids is 1. The first-order valence-corrected chi connectivity index (χ1v) is 9.69. The van der Waals surface area contributed by atoms with Crippen molar-refractivity contribution in [1.82, 2.24) is 20.1 Å². The average Bonchev–Trinajstić information content (AvgIpc) is 3.13. The number of nitrogens with one attached hydrogen (secondary N) is 2. The van der Waals surface area contributed by atoms with Gasteiger partial charge in [-0.25, -0.2) is 9.37 Å². The second kappa shape index (κ2) is 8.12. The fourth-order valence-electron chi connectivity index (χ4n) is 3.12. The summed E-state index contributed by atoms with van der Waals surface area (Å²) in [5.41, 5.74) is 1.14. The molecule has 6 nitrogen and oxygen atoms in total. The molecule has 1 amide bonds. The lowest BCUT2D eigenvalue weighted by Gasteiger charge is -2.15. The molecule has 0 unspecified atom stereocenters. The van der Waals surface area contributed by atoms with E-state index in [-0.39, 0.29) is 17.0 Å². The van der Waals surface area contributed by atoms with Crippen LogP contribution in [0.25, 0.3) is 10.8 Å². The summed E-state index contributed by atoms with van der Waals surface area (Å²) in [5, 5.41) is 12.0. The highest BCUT2D eigenvalue weighted by atomic mass is 35.5. The van der Waals surface area contributed by atoms with E-state index in [2.05, 4.69) is 20.7 Å². The lowest BCUT2D eigenvalue weighted by Crippen LogP contribution is -2.26. The maximum atomic E-state index is 13.7. The largest absolute Gasteiger partial charge is 0.346 e. The van der Waals surface area contributed by atoms with Gasteiger partial charge < -0.3 is 10.6 Å². The third kappa shape index (κ3) is 4.11. The quantitative estimate of drug-likeness (QED) is 0.474. The molecule has 2 aromatic heterocycles. The van der Waals surface area contributed by atoms with Crippen molar-refractivity contribution in [2.45, 2.75) is 13.0 Å². The van der Waals surface area contributed by atoms with Crippen LogP contribution >= 0.6 is 11.6 Å². The Morgan fingerprint density at radius 1 is 1.13 bits per heavy atom. The van der Waals surface area contributed by atoms with E-state index in [1.54, 1.807) is 42.2 Å². The van der Waals surface area contributed by atoms with Gasteiger partial charge >= 0.3 is 0 Å². The third-order valence-corrected chi connectivity index (χ3v) is 5.16. The molecule has 8 heteroatoms. The lowest BCUT2D eigenvalue weighted by atomic mass is 10.1. The van der Waals surface area contributed by atoms with Crippen molar-refractivity contribution in [2.24, 2.45) is 7.05 Å². The van der Waals surface area contributed by atoms with E-state index in [1.165, 1.54) is 12.1 Å². The van der Waals surface area contributed by atoms with E-state index in [1.807, 2.05) is 25.2 Å². The topological polar surface area (TPSA) is 71.8 Å². The molecule has 0 saturated carbocycles. The number of aromatic nitrogens is 3. The van der Waals surface area contributed by atoms with Crippen LogP contribution in [0, 0.1) is 5.82 Å². The smallest absolute Gasteiger partial charge is 0.251 e. The van der Waals surface area contributed by atoms with Crippen LogP contribution in [0.3, 0.4) is 0 Å². The second-order valence-electron chi connectivity index (χ2n) is 6.97. The molecule has 1 atom stereocenters. The molecule has 4 rings (SSSR count). The summed E-state index contributed by atoms with van der Waals surface area (Å²) in [7, 11) is 1.83. The Bertz CT molecular complexity index is 1240. The van der Waals surface area contributed by atoms with E-state index in [0.717, 1.165) is 16.6 Å². The maximum Gasteiger partial charge on any atom is 0.251 e. The monoisotopic (exact) mass is 423 g/mol. The van der Waals surface area contributed by atoms with Gasteiger partial charge in [0.05, 0.1) is 17.3 Å². The molecule has 0 bridgehead atoms. The number of fused-ring (bicyclic) bond motifs is 1. The fourth-order valence-corrected chi connectivity index (χ4v) is 3.24. The normalized spacial score (nSPS) is 12.0. The number of aryl methyl sites for hydroxylation is 1. The number of rotatable bonds is 5. The van der Waals surface area contributed by atoms with Crippen molar-refractivity contribution in [3.63, 3.8) is 0 Å². The molecule has 0 aliphatic heterocycles. The SMILES string of the molecule is C[C@@H](NC(=O)c1ccc2cnc(Nc3ccnn3C)cc2c1)c1ccc(Cl)c(F)c1. The Kier molecular flexibility index (Phi) is 5.37. The van der Waals surface area contributed by atoms with Crippen LogP contribution in [0.4, 0.5) is 16.0 Å². The van der Waals surface area contributed by atoms with Crippen molar-refractivity contribution in [1.29, 1.82) is 0 Å². The second-order valence-corrected chi connectivity index (χ2v) is 7.37. The van der Waals surface area contributed by atoms with Gasteiger partial charge in [-0.3, -0.25) is 9.48 Å². The Balaban J connectivity index is 1.54. The summed E-state index contributed by atoms with van der Waals surface area (Å²) >= 11 is 5.73. The van der Waals surface area contributed by atoms with Gasteiger partial charge in [0.25, 0.3) is 5.91 Å². The first-order chi connectivity index (χ1) is 14.4. The van der Waals surface area contributed by atoms with Crippen LogP contribution in [-0.4, -0.2) is 20.7 Å². The molecule has 0 aliphatic rings. The predicted molar refractivity (Wildman–Crippen MR) is 116 cm³/mol. The van der Waals surface area contributed by atoms with E-state index in [9.17, 15) is 9.18 Å². The molecule has 0 aliphatic carbocycles. The minimum absolute atomic E-state index is 0.0518. The molecule has 2 heterocycles. The number of halogens is 2. The molecule has 30 heavy (non-hydrogen) atoms. The Labute approximate surface area is 177 Å². The van der Waals surface area contributed by atoms with Gasteiger partial charge in [-0.15, -0.1) is 0 Å². The van der Waals surface area contributed by atoms with Crippen molar-refractivity contribution >= 4 is 39.9 Å². The highest BCUT2D eigenvalue weighted by molar-refractivity contribution is 6.30. The summed E-state index contributed by atoms with van der Waals surface area (Å²) in [6.07, 6.45) is 3.44. The molecule has 2 aromatic carbocycles.